The average molecular weight is 373 g/mol. The number of nitrogens with zero attached hydrogens (tertiary/aromatic N) is 5. The van der Waals surface area contributed by atoms with E-state index < -0.39 is 4.92 Å². The van der Waals surface area contributed by atoms with Gasteiger partial charge in [-0.3, -0.25) is 10.1 Å². The number of fused-ring (bicyclic) bond motifs is 1. The molecule has 1 aromatic carbocycles. The van der Waals surface area contributed by atoms with E-state index in [1.165, 1.54) is 29.0 Å². The van der Waals surface area contributed by atoms with E-state index in [-0.39, 0.29) is 5.88 Å². The summed E-state index contributed by atoms with van der Waals surface area (Å²) >= 11 is 3.00. The van der Waals surface area contributed by atoms with Crippen LogP contribution in [0.2, 0.25) is 0 Å². The molecule has 126 valence electrons. The van der Waals surface area contributed by atoms with Gasteiger partial charge in [0.05, 0.1) is 11.8 Å². The minimum absolute atomic E-state index is 0.306. The van der Waals surface area contributed by atoms with E-state index in [2.05, 4.69) is 27.4 Å². The first-order valence-corrected chi connectivity index (χ1v) is 9.25. The van der Waals surface area contributed by atoms with Gasteiger partial charge in [0.15, 0.2) is 16.6 Å². The fourth-order valence-electron chi connectivity index (χ4n) is 2.22. The molecule has 25 heavy (non-hydrogen) atoms. The molecule has 10 heteroatoms. The fraction of sp³-hybridized carbons (Fsp3) is 0.133. The molecule has 4 rings (SSSR count). The summed E-state index contributed by atoms with van der Waals surface area (Å²) in [5.74, 6) is 2.32. The van der Waals surface area contributed by atoms with Gasteiger partial charge >= 0.3 is 5.88 Å². The van der Waals surface area contributed by atoms with Gasteiger partial charge in [-0.15, -0.1) is 27.1 Å². The van der Waals surface area contributed by atoms with Crippen molar-refractivity contribution < 1.29 is 9.34 Å². The second kappa shape index (κ2) is 6.65. The molecule has 0 amide bonds. The topological polar surface area (TPSA) is 99.4 Å². The molecule has 8 nitrogen and oxygen atoms in total. The van der Waals surface area contributed by atoms with E-state index >= 15 is 0 Å². The lowest BCUT2D eigenvalue weighted by atomic mass is 10.2. The quantitative estimate of drug-likeness (QED) is 0.374. The zero-order chi connectivity index (χ0) is 17.2. The van der Waals surface area contributed by atoms with E-state index in [9.17, 15) is 10.1 Å². The van der Waals surface area contributed by atoms with Crippen molar-refractivity contribution in [2.75, 3.05) is 0 Å². The van der Waals surface area contributed by atoms with Crippen LogP contribution in [0.15, 0.2) is 46.9 Å². The van der Waals surface area contributed by atoms with Crippen molar-refractivity contribution in [2.45, 2.75) is 11.5 Å². The number of hydrogen-bond donors (Lipinski definition) is 0. The van der Waals surface area contributed by atoms with Gasteiger partial charge in [-0.1, -0.05) is 41.7 Å². The van der Waals surface area contributed by atoms with Gasteiger partial charge in [0.25, 0.3) is 0 Å². The Kier molecular flexibility index (Phi) is 4.20. The Morgan fingerprint density at radius 2 is 2.00 bits per heavy atom. The summed E-state index contributed by atoms with van der Waals surface area (Å²) in [6.07, 6.45) is 0. The highest BCUT2D eigenvalue weighted by molar-refractivity contribution is 7.97. The Balaban J connectivity index is 1.51. The predicted octanol–water partition coefficient (Wildman–Crippen LogP) is 3.79. The van der Waals surface area contributed by atoms with Crippen molar-refractivity contribution in [1.82, 2.24) is 19.8 Å². The van der Waals surface area contributed by atoms with Crippen LogP contribution in [0.3, 0.4) is 0 Å². The molecular formula is C15H11N5O3S2. The third kappa shape index (κ3) is 3.26. The molecule has 0 aliphatic carbocycles. The third-order valence-corrected chi connectivity index (χ3v) is 5.29. The highest BCUT2D eigenvalue weighted by atomic mass is 32.2. The maximum absolute atomic E-state index is 10.7. The monoisotopic (exact) mass is 373 g/mol. The van der Waals surface area contributed by atoms with Gasteiger partial charge < -0.3 is 4.42 Å². The number of rotatable bonds is 6. The first-order valence-electron chi connectivity index (χ1n) is 7.28. The van der Waals surface area contributed by atoms with Gasteiger partial charge in [0, 0.05) is 5.75 Å². The number of hydrogen-bond acceptors (Lipinski definition) is 8. The molecule has 0 saturated carbocycles. The molecule has 0 saturated heterocycles. The first-order chi connectivity index (χ1) is 12.2. The van der Waals surface area contributed by atoms with Crippen molar-refractivity contribution in [3.05, 3.63) is 64.0 Å². The molecule has 0 unspecified atom stereocenters. The second-order valence-electron chi connectivity index (χ2n) is 5.09. The highest BCUT2D eigenvalue weighted by Gasteiger charge is 2.18. The van der Waals surface area contributed by atoms with Crippen LogP contribution in [0.1, 0.15) is 11.4 Å². The molecule has 0 spiro atoms. The van der Waals surface area contributed by atoms with Gasteiger partial charge in [0.2, 0.25) is 4.96 Å². The zero-order valence-corrected chi connectivity index (χ0v) is 14.4. The molecule has 0 radical (unpaired) electrons. The minimum Gasteiger partial charge on any atom is -0.398 e. The van der Waals surface area contributed by atoms with E-state index in [0.717, 1.165) is 11.6 Å². The van der Waals surface area contributed by atoms with Crippen molar-refractivity contribution in [3.63, 3.8) is 0 Å². The molecule has 3 aromatic heterocycles. The van der Waals surface area contributed by atoms with Crippen LogP contribution >= 0.6 is 23.1 Å². The number of benzene rings is 1. The van der Waals surface area contributed by atoms with Crippen molar-refractivity contribution in [3.8, 4) is 10.8 Å². The molecule has 0 atom stereocenters. The molecule has 0 aliphatic rings. The number of nitro groups is 1. The van der Waals surface area contributed by atoms with E-state index in [0.29, 0.717) is 21.5 Å². The summed E-state index contributed by atoms with van der Waals surface area (Å²) in [6, 6.07) is 13.0. The van der Waals surface area contributed by atoms with Crippen LogP contribution in [-0.2, 0) is 11.5 Å². The number of aromatic nitrogens is 4. The van der Waals surface area contributed by atoms with Gasteiger partial charge in [-0.2, -0.15) is 4.52 Å². The molecule has 0 fully saturated rings. The zero-order valence-electron chi connectivity index (χ0n) is 12.7. The second-order valence-corrected chi connectivity index (χ2v) is 7.03. The minimum atomic E-state index is -0.574. The van der Waals surface area contributed by atoms with Crippen molar-refractivity contribution in [1.29, 1.82) is 0 Å². The summed E-state index contributed by atoms with van der Waals surface area (Å²) in [5, 5.41) is 23.9. The smallest absolute Gasteiger partial charge is 0.398 e. The van der Waals surface area contributed by atoms with Crippen molar-refractivity contribution in [2.24, 2.45) is 0 Å². The summed E-state index contributed by atoms with van der Waals surface area (Å²) in [6.45, 7) is 0. The number of thioether (sulfide) groups is 1. The van der Waals surface area contributed by atoms with Gasteiger partial charge in [-0.25, -0.2) is 0 Å². The molecule has 0 bridgehead atoms. The summed E-state index contributed by atoms with van der Waals surface area (Å²) in [4.78, 5) is 10.8. The molecule has 0 aliphatic heterocycles. The maximum atomic E-state index is 10.7. The molecule has 3 heterocycles. The predicted molar refractivity (Wildman–Crippen MR) is 94.5 cm³/mol. The third-order valence-electron chi connectivity index (χ3n) is 3.38. The van der Waals surface area contributed by atoms with Crippen LogP contribution in [-0.4, -0.2) is 24.7 Å². The summed E-state index contributed by atoms with van der Waals surface area (Å²) < 4.78 is 6.85. The van der Waals surface area contributed by atoms with Crippen LogP contribution in [0.4, 0.5) is 5.88 Å². The lowest BCUT2D eigenvalue weighted by molar-refractivity contribution is -0.401. The van der Waals surface area contributed by atoms with E-state index in [1.807, 2.05) is 18.2 Å². The van der Waals surface area contributed by atoms with Crippen LogP contribution in [0, 0.1) is 10.1 Å². The van der Waals surface area contributed by atoms with Crippen molar-refractivity contribution >= 4 is 33.9 Å². The van der Waals surface area contributed by atoms with E-state index in [4.69, 9.17) is 4.42 Å². The normalized spacial score (nSPS) is 11.2. The van der Waals surface area contributed by atoms with E-state index in [1.54, 1.807) is 16.3 Å². The lowest BCUT2D eigenvalue weighted by Crippen LogP contribution is -1.94. The average Bonchev–Trinajstić information content (AvgIpc) is 3.31. The van der Waals surface area contributed by atoms with Gasteiger partial charge in [-0.05, 0) is 11.6 Å². The first kappa shape index (κ1) is 15.8. The SMILES string of the molecule is O=[N+]([O-])c1ccc(-c2nn3c(CSCc4ccccc4)nnc3s2)o1. The highest BCUT2D eigenvalue weighted by Crippen LogP contribution is 2.30. The lowest BCUT2D eigenvalue weighted by Gasteiger charge is -1.99. The van der Waals surface area contributed by atoms with Crippen LogP contribution in [0.25, 0.3) is 15.7 Å². The summed E-state index contributed by atoms with van der Waals surface area (Å²) in [5.41, 5.74) is 1.25. The number of furan rings is 1. The molecular weight excluding hydrogens is 362 g/mol. The Hall–Kier alpha value is -2.72. The molecule has 4 aromatic rings. The summed E-state index contributed by atoms with van der Waals surface area (Å²) in [7, 11) is 0. The van der Waals surface area contributed by atoms with Gasteiger partial charge in [0.1, 0.15) is 4.92 Å². The Morgan fingerprint density at radius 1 is 1.16 bits per heavy atom. The molecule has 0 N–H and O–H groups in total. The largest absolute Gasteiger partial charge is 0.433 e. The van der Waals surface area contributed by atoms with Crippen LogP contribution in [0.5, 0.6) is 0 Å². The maximum Gasteiger partial charge on any atom is 0.433 e. The Bertz CT molecular complexity index is 1020. The Morgan fingerprint density at radius 3 is 2.76 bits per heavy atom. The standard InChI is InChI=1S/C15H11N5O3S2/c21-20(22)13-7-6-11(23-13)14-18-19-12(16-17-15(19)25-14)9-24-8-10-4-2-1-3-5-10/h1-7H,8-9H2. The van der Waals surface area contributed by atoms with Crippen LogP contribution < -0.4 is 0 Å². The fourth-order valence-corrected chi connectivity index (χ4v) is 3.94. The Labute approximate surface area is 149 Å².